The van der Waals surface area contributed by atoms with Crippen molar-refractivity contribution in [3.63, 3.8) is 0 Å². The van der Waals surface area contributed by atoms with Gasteiger partial charge in [0.1, 0.15) is 0 Å². The molecule has 0 saturated heterocycles. The van der Waals surface area contributed by atoms with Gasteiger partial charge in [-0.1, -0.05) is 29.8 Å². The van der Waals surface area contributed by atoms with Gasteiger partial charge in [-0.15, -0.1) is 0 Å². The molecular weight excluding hydrogens is 272 g/mol. The maximum absolute atomic E-state index is 12.8. The first-order valence-electron chi connectivity index (χ1n) is 7.83. The molecule has 1 amide bonds. The van der Waals surface area contributed by atoms with Crippen molar-refractivity contribution in [2.45, 2.75) is 31.6 Å². The van der Waals surface area contributed by atoms with Crippen molar-refractivity contribution in [3.8, 4) is 0 Å². The number of hydrogen-bond acceptors (Lipinski definition) is 2. The fourth-order valence-electron chi connectivity index (χ4n) is 2.94. The molecule has 0 N–H and O–H groups in total. The van der Waals surface area contributed by atoms with Crippen molar-refractivity contribution >= 4 is 5.91 Å². The van der Waals surface area contributed by atoms with Crippen LogP contribution in [0.25, 0.3) is 0 Å². The van der Waals surface area contributed by atoms with Crippen LogP contribution in [-0.2, 0) is 16.6 Å². The molecule has 1 aliphatic rings. The second-order valence-corrected chi connectivity index (χ2v) is 6.28. The van der Waals surface area contributed by atoms with Crippen molar-refractivity contribution in [2.24, 2.45) is 0 Å². The lowest BCUT2D eigenvalue weighted by molar-refractivity contribution is -0.132. The van der Waals surface area contributed by atoms with E-state index in [1.807, 2.05) is 24.1 Å². The zero-order chi connectivity index (χ0) is 15.6. The third-order valence-electron chi connectivity index (χ3n) is 4.60. The Bertz CT molecular complexity index is 645. The minimum absolute atomic E-state index is 0.255. The quantitative estimate of drug-likeness (QED) is 0.849. The molecule has 1 aromatic carbocycles. The number of benzene rings is 1. The number of aromatic nitrogens is 1. The second-order valence-electron chi connectivity index (χ2n) is 6.28. The van der Waals surface area contributed by atoms with E-state index in [0.717, 1.165) is 25.8 Å². The molecule has 3 nitrogen and oxygen atoms in total. The summed E-state index contributed by atoms with van der Waals surface area (Å²) in [5.41, 5.74) is 3.35. The topological polar surface area (TPSA) is 33.2 Å². The Morgan fingerprint density at radius 1 is 1.14 bits per heavy atom. The standard InChI is InChI=1S/C19H22N2O/c1-15-3-5-17(6-4-15)19(10-11-19)18(22)21(2)14-9-16-7-12-20-13-8-16/h3-8,12-13H,9-11,14H2,1-2H3. The zero-order valence-electron chi connectivity index (χ0n) is 13.2. The summed E-state index contributed by atoms with van der Waals surface area (Å²) in [5.74, 6) is 0.255. The summed E-state index contributed by atoms with van der Waals surface area (Å²) in [6, 6.07) is 12.4. The smallest absolute Gasteiger partial charge is 0.232 e. The predicted octanol–water partition coefficient (Wildman–Crippen LogP) is 3.12. The summed E-state index contributed by atoms with van der Waals surface area (Å²) in [5, 5.41) is 0. The molecule has 0 unspecified atom stereocenters. The van der Waals surface area contributed by atoms with E-state index in [1.54, 1.807) is 12.4 Å². The zero-order valence-corrected chi connectivity index (χ0v) is 13.2. The van der Waals surface area contributed by atoms with Gasteiger partial charge in [0.05, 0.1) is 5.41 Å². The van der Waals surface area contributed by atoms with E-state index >= 15 is 0 Å². The summed E-state index contributed by atoms with van der Waals surface area (Å²) >= 11 is 0. The van der Waals surface area contributed by atoms with E-state index in [0.29, 0.717) is 0 Å². The van der Waals surface area contributed by atoms with Crippen LogP contribution in [0, 0.1) is 6.92 Å². The highest BCUT2D eigenvalue weighted by Gasteiger charge is 2.52. The van der Waals surface area contributed by atoms with Gasteiger partial charge in [-0.3, -0.25) is 9.78 Å². The van der Waals surface area contributed by atoms with Crippen LogP contribution < -0.4 is 0 Å². The molecule has 0 bridgehead atoms. The Morgan fingerprint density at radius 3 is 2.36 bits per heavy atom. The fraction of sp³-hybridized carbons (Fsp3) is 0.368. The molecule has 1 aliphatic carbocycles. The van der Waals surface area contributed by atoms with Gasteiger partial charge in [-0.2, -0.15) is 0 Å². The van der Waals surface area contributed by atoms with Gasteiger partial charge in [-0.25, -0.2) is 0 Å². The van der Waals surface area contributed by atoms with Crippen LogP contribution in [0.1, 0.15) is 29.5 Å². The van der Waals surface area contributed by atoms with Crippen molar-refractivity contribution in [2.75, 3.05) is 13.6 Å². The third kappa shape index (κ3) is 2.89. The largest absolute Gasteiger partial charge is 0.345 e. The number of pyridine rings is 1. The lowest BCUT2D eigenvalue weighted by atomic mass is 9.93. The first kappa shape index (κ1) is 14.8. The number of nitrogens with zero attached hydrogens (tertiary/aromatic N) is 2. The molecule has 0 radical (unpaired) electrons. The summed E-state index contributed by atoms with van der Waals surface area (Å²) < 4.78 is 0. The number of amides is 1. The van der Waals surface area contributed by atoms with Crippen molar-refractivity contribution < 1.29 is 4.79 Å². The third-order valence-corrected chi connectivity index (χ3v) is 4.60. The molecule has 0 spiro atoms. The van der Waals surface area contributed by atoms with Crippen LogP contribution in [0.2, 0.25) is 0 Å². The van der Waals surface area contributed by atoms with Crippen molar-refractivity contribution in [3.05, 3.63) is 65.5 Å². The molecule has 0 atom stereocenters. The SMILES string of the molecule is Cc1ccc(C2(C(=O)N(C)CCc3ccncc3)CC2)cc1. The van der Waals surface area contributed by atoms with Gasteiger partial charge < -0.3 is 4.90 Å². The summed E-state index contributed by atoms with van der Waals surface area (Å²) in [6.07, 6.45) is 6.40. The molecule has 22 heavy (non-hydrogen) atoms. The molecule has 0 aliphatic heterocycles. The highest BCUT2D eigenvalue weighted by Crippen LogP contribution is 2.49. The van der Waals surface area contributed by atoms with Gasteiger partial charge in [0, 0.05) is 26.0 Å². The average Bonchev–Trinajstić information content (AvgIpc) is 3.35. The van der Waals surface area contributed by atoms with E-state index < -0.39 is 0 Å². The van der Waals surface area contributed by atoms with E-state index in [4.69, 9.17) is 0 Å². The van der Waals surface area contributed by atoms with Gasteiger partial charge in [0.25, 0.3) is 0 Å². The normalized spacial score (nSPS) is 15.4. The maximum atomic E-state index is 12.8. The summed E-state index contributed by atoms with van der Waals surface area (Å²) in [7, 11) is 1.91. The number of rotatable bonds is 5. The number of aryl methyl sites for hydroxylation is 1. The van der Waals surface area contributed by atoms with Crippen LogP contribution in [0.3, 0.4) is 0 Å². The molecule has 3 rings (SSSR count). The highest BCUT2D eigenvalue weighted by atomic mass is 16.2. The molecule has 3 heteroatoms. The van der Waals surface area contributed by atoms with Crippen LogP contribution >= 0.6 is 0 Å². The molecule has 1 saturated carbocycles. The second kappa shape index (κ2) is 5.91. The number of hydrogen-bond donors (Lipinski definition) is 0. The van der Waals surface area contributed by atoms with Crippen LogP contribution in [0.4, 0.5) is 0 Å². The average molecular weight is 294 g/mol. The number of carbonyl (C=O) groups excluding carboxylic acids is 1. The van der Waals surface area contributed by atoms with Crippen LogP contribution in [0.5, 0.6) is 0 Å². The Labute approximate surface area is 132 Å². The molecule has 1 aromatic heterocycles. The lowest BCUT2D eigenvalue weighted by Crippen LogP contribution is -2.37. The predicted molar refractivity (Wildman–Crippen MR) is 87.7 cm³/mol. The van der Waals surface area contributed by atoms with Crippen LogP contribution in [-0.4, -0.2) is 29.4 Å². The van der Waals surface area contributed by atoms with Gasteiger partial charge in [0.15, 0.2) is 0 Å². The molecule has 2 aromatic rings. The monoisotopic (exact) mass is 294 g/mol. The van der Waals surface area contributed by atoms with E-state index in [2.05, 4.69) is 36.2 Å². The summed E-state index contributed by atoms with van der Waals surface area (Å²) in [4.78, 5) is 18.8. The first-order valence-corrected chi connectivity index (χ1v) is 7.83. The number of carbonyl (C=O) groups is 1. The van der Waals surface area contributed by atoms with Gasteiger partial charge in [0.2, 0.25) is 5.91 Å². The van der Waals surface area contributed by atoms with Gasteiger partial charge in [-0.05, 0) is 49.4 Å². The van der Waals surface area contributed by atoms with Crippen LogP contribution in [0.15, 0.2) is 48.8 Å². The number of likely N-dealkylation sites (N-methyl/N-ethyl adjacent to an activating group) is 1. The maximum Gasteiger partial charge on any atom is 0.232 e. The Morgan fingerprint density at radius 2 is 1.77 bits per heavy atom. The fourth-order valence-corrected chi connectivity index (χ4v) is 2.94. The Hall–Kier alpha value is -2.16. The lowest BCUT2D eigenvalue weighted by Gasteiger charge is -2.24. The van der Waals surface area contributed by atoms with E-state index in [1.165, 1.54) is 16.7 Å². The molecule has 1 heterocycles. The van der Waals surface area contributed by atoms with Crippen molar-refractivity contribution in [1.29, 1.82) is 0 Å². The summed E-state index contributed by atoms with van der Waals surface area (Å²) in [6.45, 7) is 2.82. The molecule has 114 valence electrons. The highest BCUT2D eigenvalue weighted by molar-refractivity contribution is 5.91. The van der Waals surface area contributed by atoms with Gasteiger partial charge >= 0.3 is 0 Å². The molecule has 1 fully saturated rings. The van der Waals surface area contributed by atoms with Crippen molar-refractivity contribution in [1.82, 2.24) is 9.88 Å². The van der Waals surface area contributed by atoms with E-state index in [-0.39, 0.29) is 11.3 Å². The molecular formula is C19H22N2O. The first-order chi connectivity index (χ1) is 10.6. The minimum Gasteiger partial charge on any atom is -0.345 e. The Balaban J connectivity index is 1.66. The van der Waals surface area contributed by atoms with E-state index in [9.17, 15) is 4.79 Å². The Kier molecular flexibility index (Phi) is 3.97. The minimum atomic E-state index is -0.263.